The van der Waals surface area contributed by atoms with Crippen molar-refractivity contribution in [2.24, 2.45) is 0 Å². The molecule has 0 bridgehead atoms. The lowest BCUT2D eigenvalue weighted by Gasteiger charge is -2.33. The fourth-order valence-corrected chi connectivity index (χ4v) is 2.54. The lowest BCUT2D eigenvalue weighted by molar-refractivity contribution is 0.0916. The van der Waals surface area contributed by atoms with Crippen LogP contribution in [0.4, 0.5) is 15.3 Å². The van der Waals surface area contributed by atoms with Gasteiger partial charge in [0.1, 0.15) is 0 Å². The van der Waals surface area contributed by atoms with Gasteiger partial charge in [-0.05, 0) is 18.2 Å². The molecular formula is C15H21ClN4O3. The highest BCUT2D eigenvalue weighted by Crippen LogP contribution is 2.14. The quantitative estimate of drug-likeness (QED) is 0.877. The smallest absolute Gasteiger partial charge is 0.409 e. The van der Waals surface area contributed by atoms with Crippen LogP contribution in [-0.4, -0.2) is 68.3 Å². The number of urea groups is 1. The number of ether oxygens (including phenoxy) is 1. The Bertz CT molecular complexity index is 547. The van der Waals surface area contributed by atoms with Gasteiger partial charge in [0.25, 0.3) is 0 Å². The molecule has 1 fully saturated rings. The first-order chi connectivity index (χ1) is 11.1. The van der Waals surface area contributed by atoms with Crippen LogP contribution in [0.15, 0.2) is 24.3 Å². The van der Waals surface area contributed by atoms with Crippen molar-refractivity contribution in [3.05, 3.63) is 29.3 Å². The molecule has 0 radical (unpaired) electrons. The second kappa shape index (κ2) is 8.59. The van der Waals surface area contributed by atoms with E-state index in [2.05, 4.69) is 15.5 Å². The molecule has 7 nitrogen and oxygen atoms in total. The Balaban J connectivity index is 1.64. The van der Waals surface area contributed by atoms with Crippen molar-refractivity contribution in [1.82, 2.24) is 15.1 Å². The predicted molar refractivity (Wildman–Crippen MR) is 88.9 cm³/mol. The van der Waals surface area contributed by atoms with Crippen LogP contribution in [0.3, 0.4) is 0 Å². The van der Waals surface area contributed by atoms with Crippen LogP contribution in [0.2, 0.25) is 5.02 Å². The number of anilines is 1. The molecule has 1 aromatic rings. The van der Waals surface area contributed by atoms with Gasteiger partial charge in [-0.25, -0.2) is 9.59 Å². The third kappa shape index (κ3) is 5.61. The van der Waals surface area contributed by atoms with Crippen LogP contribution >= 0.6 is 11.6 Å². The molecule has 23 heavy (non-hydrogen) atoms. The molecule has 3 amide bonds. The number of piperazine rings is 1. The Hall–Kier alpha value is -1.99. The zero-order valence-corrected chi connectivity index (χ0v) is 13.8. The molecule has 0 aliphatic carbocycles. The Morgan fingerprint density at radius 3 is 2.65 bits per heavy atom. The standard InChI is InChI=1S/C15H21ClN4O3/c1-23-15(22)20-9-7-19(8-10-20)6-5-17-14(21)18-13-4-2-3-12(16)11-13/h2-4,11H,5-10H2,1H3,(H2,17,18,21). The predicted octanol–water partition coefficient (Wildman–Crippen LogP) is 1.85. The van der Waals surface area contributed by atoms with Gasteiger partial charge < -0.3 is 20.3 Å². The molecule has 0 atom stereocenters. The summed E-state index contributed by atoms with van der Waals surface area (Å²) in [5, 5.41) is 6.11. The Labute approximate surface area is 140 Å². The van der Waals surface area contributed by atoms with E-state index >= 15 is 0 Å². The fourth-order valence-electron chi connectivity index (χ4n) is 2.35. The summed E-state index contributed by atoms with van der Waals surface area (Å²) in [6.07, 6.45) is -0.288. The maximum absolute atomic E-state index is 11.8. The van der Waals surface area contributed by atoms with Crippen LogP contribution in [0.1, 0.15) is 0 Å². The van der Waals surface area contributed by atoms with E-state index in [9.17, 15) is 9.59 Å². The number of carbonyl (C=O) groups is 2. The summed E-state index contributed by atoms with van der Waals surface area (Å²) in [7, 11) is 1.39. The van der Waals surface area contributed by atoms with Crippen molar-refractivity contribution in [2.45, 2.75) is 0 Å². The van der Waals surface area contributed by atoms with Crippen LogP contribution in [0.5, 0.6) is 0 Å². The summed E-state index contributed by atoms with van der Waals surface area (Å²) in [6.45, 7) is 4.09. The number of methoxy groups -OCH3 is 1. The largest absolute Gasteiger partial charge is 0.453 e. The molecule has 126 valence electrons. The van der Waals surface area contributed by atoms with Gasteiger partial charge in [-0.2, -0.15) is 0 Å². The van der Waals surface area contributed by atoms with Gasteiger partial charge in [-0.15, -0.1) is 0 Å². The van der Waals surface area contributed by atoms with Crippen molar-refractivity contribution in [3.63, 3.8) is 0 Å². The van der Waals surface area contributed by atoms with Crippen LogP contribution in [0, 0.1) is 0 Å². The number of carbonyl (C=O) groups excluding carboxylic acids is 2. The van der Waals surface area contributed by atoms with Crippen molar-refractivity contribution in [1.29, 1.82) is 0 Å². The van der Waals surface area contributed by atoms with E-state index in [1.165, 1.54) is 7.11 Å². The van der Waals surface area contributed by atoms with E-state index in [0.717, 1.165) is 19.6 Å². The van der Waals surface area contributed by atoms with Gasteiger partial charge in [-0.1, -0.05) is 17.7 Å². The molecule has 1 heterocycles. The van der Waals surface area contributed by atoms with E-state index in [4.69, 9.17) is 16.3 Å². The number of rotatable bonds is 4. The summed E-state index contributed by atoms with van der Waals surface area (Å²) in [6, 6.07) is 6.72. The summed E-state index contributed by atoms with van der Waals surface area (Å²) in [5.41, 5.74) is 0.654. The van der Waals surface area contributed by atoms with Gasteiger partial charge in [-0.3, -0.25) is 4.90 Å². The van der Waals surface area contributed by atoms with Gasteiger partial charge >= 0.3 is 12.1 Å². The molecule has 8 heteroatoms. The molecule has 1 aliphatic rings. The molecule has 0 spiro atoms. The van der Waals surface area contributed by atoms with E-state index in [1.807, 2.05) is 0 Å². The Kier molecular flexibility index (Phi) is 6.49. The first-order valence-corrected chi connectivity index (χ1v) is 7.82. The maximum atomic E-state index is 11.8. The normalized spacial score (nSPS) is 15.1. The highest BCUT2D eigenvalue weighted by Gasteiger charge is 2.20. The SMILES string of the molecule is COC(=O)N1CCN(CCNC(=O)Nc2cccc(Cl)c2)CC1. The maximum Gasteiger partial charge on any atom is 0.409 e. The average molecular weight is 341 g/mol. The van der Waals surface area contributed by atoms with E-state index < -0.39 is 0 Å². The van der Waals surface area contributed by atoms with Gasteiger partial charge in [0, 0.05) is 50.0 Å². The average Bonchev–Trinajstić information content (AvgIpc) is 2.55. The van der Waals surface area contributed by atoms with Crippen molar-refractivity contribution < 1.29 is 14.3 Å². The van der Waals surface area contributed by atoms with Gasteiger partial charge in [0.2, 0.25) is 0 Å². The zero-order chi connectivity index (χ0) is 16.7. The summed E-state index contributed by atoms with van der Waals surface area (Å²) >= 11 is 5.86. The number of amides is 3. The van der Waals surface area contributed by atoms with Gasteiger partial charge in [0.15, 0.2) is 0 Å². The topological polar surface area (TPSA) is 73.9 Å². The van der Waals surface area contributed by atoms with Crippen molar-refractivity contribution in [2.75, 3.05) is 51.7 Å². The van der Waals surface area contributed by atoms with Crippen molar-refractivity contribution in [3.8, 4) is 0 Å². The van der Waals surface area contributed by atoms with Gasteiger partial charge in [0.05, 0.1) is 7.11 Å². The first kappa shape index (κ1) is 17.4. The number of hydrogen-bond acceptors (Lipinski definition) is 4. The van der Waals surface area contributed by atoms with E-state index in [-0.39, 0.29) is 12.1 Å². The minimum Gasteiger partial charge on any atom is -0.453 e. The minimum atomic E-state index is -0.288. The number of benzene rings is 1. The van der Waals surface area contributed by atoms with E-state index in [1.54, 1.807) is 29.2 Å². The summed E-state index contributed by atoms with van der Waals surface area (Å²) in [4.78, 5) is 27.0. The Morgan fingerprint density at radius 1 is 1.26 bits per heavy atom. The molecule has 2 N–H and O–H groups in total. The Morgan fingerprint density at radius 2 is 2.00 bits per heavy atom. The fraction of sp³-hybridized carbons (Fsp3) is 0.467. The zero-order valence-electron chi connectivity index (χ0n) is 13.0. The molecule has 1 aromatic carbocycles. The first-order valence-electron chi connectivity index (χ1n) is 7.44. The number of hydrogen-bond donors (Lipinski definition) is 2. The summed E-state index contributed by atoms with van der Waals surface area (Å²) in [5.74, 6) is 0. The minimum absolute atomic E-state index is 0.263. The molecule has 0 unspecified atom stereocenters. The molecule has 1 saturated heterocycles. The molecule has 1 aliphatic heterocycles. The molecule has 2 rings (SSSR count). The molecule has 0 saturated carbocycles. The van der Waals surface area contributed by atoms with Crippen LogP contribution in [-0.2, 0) is 4.74 Å². The highest BCUT2D eigenvalue weighted by atomic mass is 35.5. The van der Waals surface area contributed by atoms with Crippen LogP contribution in [0.25, 0.3) is 0 Å². The number of halogens is 1. The highest BCUT2D eigenvalue weighted by molar-refractivity contribution is 6.30. The third-order valence-corrected chi connectivity index (χ3v) is 3.84. The third-order valence-electron chi connectivity index (χ3n) is 3.60. The second-order valence-corrected chi connectivity index (χ2v) is 5.63. The van der Waals surface area contributed by atoms with Crippen molar-refractivity contribution >= 4 is 29.4 Å². The molecular weight excluding hydrogens is 320 g/mol. The lowest BCUT2D eigenvalue weighted by atomic mass is 10.3. The number of nitrogens with zero attached hydrogens (tertiary/aromatic N) is 2. The molecule has 0 aromatic heterocycles. The number of nitrogens with one attached hydrogen (secondary N) is 2. The van der Waals surface area contributed by atoms with E-state index in [0.29, 0.717) is 30.3 Å². The second-order valence-electron chi connectivity index (χ2n) is 5.19. The van der Waals surface area contributed by atoms with Crippen LogP contribution < -0.4 is 10.6 Å². The summed E-state index contributed by atoms with van der Waals surface area (Å²) < 4.78 is 4.70. The monoisotopic (exact) mass is 340 g/mol. The lowest BCUT2D eigenvalue weighted by Crippen LogP contribution is -2.50.